The molecular weight excluding hydrogens is 232 g/mol. The van der Waals surface area contributed by atoms with Crippen LogP contribution in [0, 0.1) is 11.3 Å². The summed E-state index contributed by atoms with van der Waals surface area (Å²) in [4.78, 5) is 2.69. The van der Waals surface area contributed by atoms with E-state index in [4.69, 9.17) is 5.73 Å². The highest BCUT2D eigenvalue weighted by Crippen LogP contribution is 2.43. The molecule has 0 aromatic heterocycles. The molecule has 2 N–H and O–H groups in total. The van der Waals surface area contributed by atoms with E-state index in [-0.39, 0.29) is 5.54 Å². The Hall–Kier alpha value is -0.0800. The molecule has 1 fully saturated rings. The topological polar surface area (TPSA) is 29.3 Å². The van der Waals surface area contributed by atoms with E-state index in [9.17, 15) is 0 Å². The average Bonchev–Trinajstić information content (AvgIpc) is 2.34. The molecule has 114 valence electrons. The van der Waals surface area contributed by atoms with Crippen LogP contribution in [-0.2, 0) is 0 Å². The zero-order chi connectivity index (χ0) is 14.7. The molecule has 0 atom stereocenters. The van der Waals surface area contributed by atoms with Crippen LogP contribution < -0.4 is 5.73 Å². The highest BCUT2D eigenvalue weighted by atomic mass is 15.2. The minimum atomic E-state index is 0.270. The molecular formula is C17H36N2. The van der Waals surface area contributed by atoms with Gasteiger partial charge >= 0.3 is 0 Å². The third-order valence-electron chi connectivity index (χ3n) is 5.22. The van der Waals surface area contributed by atoms with Gasteiger partial charge in [0.1, 0.15) is 0 Å². The van der Waals surface area contributed by atoms with Crippen molar-refractivity contribution < 1.29 is 0 Å². The molecule has 0 aromatic carbocycles. The molecule has 1 aliphatic carbocycles. The number of hydrogen-bond donors (Lipinski definition) is 1. The van der Waals surface area contributed by atoms with Crippen LogP contribution in [0.4, 0.5) is 0 Å². The van der Waals surface area contributed by atoms with Crippen molar-refractivity contribution >= 4 is 0 Å². The van der Waals surface area contributed by atoms with E-state index in [1.54, 1.807) is 0 Å². The van der Waals surface area contributed by atoms with Crippen molar-refractivity contribution in [2.45, 2.75) is 85.2 Å². The van der Waals surface area contributed by atoms with Crippen molar-refractivity contribution in [1.29, 1.82) is 0 Å². The van der Waals surface area contributed by atoms with Crippen LogP contribution in [-0.4, -0.2) is 29.6 Å². The Kier molecular flexibility index (Phi) is 5.88. The van der Waals surface area contributed by atoms with Gasteiger partial charge in [-0.05, 0) is 63.8 Å². The second-order valence-corrected chi connectivity index (χ2v) is 7.86. The molecule has 0 aliphatic heterocycles. The van der Waals surface area contributed by atoms with Gasteiger partial charge in [-0.15, -0.1) is 0 Å². The summed E-state index contributed by atoms with van der Waals surface area (Å²) < 4.78 is 0. The smallest absolute Gasteiger partial charge is 0.0334 e. The van der Waals surface area contributed by atoms with Crippen molar-refractivity contribution in [1.82, 2.24) is 4.90 Å². The first kappa shape index (κ1) is 17.0. The van der Waals surface area contributed by atoms with Gasteiger partial charge in [0.05, 0.1) is 0 Å². The summed E-state index contributed by atoms with van der Waals surface area (Å²) >= 11 is 0. The Balaban J connectivity index is 2.78. The van der Waals surface area contributed by atoms with E-state index in [0.717, 1.165) is 12.5 Å². The molecule has 2 nitrogen and oxygen atoms in total. The summed E-state index contributed by atoms with van der Waals surface area (Å²) in [6.07, 6.45) is 6.47. The van der Waals surface area contributed by atoms with Crippen LogP contribution in [0.2, 0.25) is 0 Å². The Bertz CT molecular complexity index is 257. The third-order valence-corrected chi connectivity index (χ3v) is 5.22. The predicted octanol–water partition coefficient (Wildman–Crippen LogP) is 4.04. The fourth-order valence-corrected chi connectivity index (χ4v) is 3.91. The van der Waals surface area contributed by atoms with Gasteiger partial charge in [-0.25, -0.2) is 0 Å². The van der Waals surface area contributed by atoms with Crippen LogP contribution in [0.15, 0.2) is 0 Å². The molecule has 0 saturated heterocycles. The van der Waals surface area contributed by atoms with Crippen LogP contribution in [0.3, 0.4) is 0 Å². The maximum atomic E-state index is 6.22. The molecule has 1 aliphatic rings. The molecule has 0 radical (unpaired) electrons. The van der Waals surface area contributed by atoms with Crippen molar-refractivity contribution in [3.63, 3.8) is 0 Å². The van der Waals surface area contributed by atoms with E-state index in [2.05, 4.69) is 46.4 Å². The maximum absolute atomic E-state index is 6.22. The fourth-order valence-electron chi connectivity index (χ4n) is 3.91. The van der Waals surface area contributed by atoms with E-state index in [1.165, 1.54) is 38.6 Å². The summed E-state index contributed by atoms with van der Waals surface area (Å²) in [6, 6.07) is 0.606. The minimum absolute atomic E-state index is 0.270. The molecule has 0 bridgehead atoms. The summed E-state index contributed by atoms with van der Waals surface area (Å²) in [5.74, 6) is 0.864. The van der Waals surface area contributed by atoms with Gasteiger partial charge in [0.2, 0.25) is 0 Å². The monoisotopic (exact) mass is 268 g/mol. The van der Waals surface area contributed by atoms with Crippen molar-refractivity contribution in [2.24, 2.45) is 17.1 Å². The lowest BCUT2D eigenvalue weighted by Gasteiger charge is -2.51. The SMILES string of the molecule is CCCN(C(C)C)C1(CN)CCC(C(C)(C)C)CC1. The number of nitrogens with zero attached hydrogens (tertiary/aromatic N) is 1. The molecule has 0 spiro atoms. The number of hydrogen-bond acceptors (Lipinski definition) is 2. The van der Waals surface area contributed by atoms with Gasteiger partial charge in [0.25, 0.3) is 0 Å². The Morgan fingerprint density at radius 3 is 2.05 bits per heavy atom. The van der Waals surface area contributed by atoms with E-state index >= 15 is 0 Å². The lowest BCUT2D eigenvalue weighted by Crippen LogP contribution is -2.58. The molecule has 1 rings (SSSR count). The maximum Gasteiger partial charge on any atom is 0.0334 e. The first-order valence-corrected chi connectivity index (χ1v) is 8.23. The minimum Gasteiger partial charge on any atom is -0.329 e. The first-order valence-electron chi connectivity index (χ1n) is 8.23. The molecule has 0 aromatic rings. The van der Waals surface area contributed by atoms with Crippen LogP contribution >= 0.6 is 0 Å². The van der Waals surface area contributed by atoms with Crippen LogP contribution in [0.5, 0.6) is 0 Å². The lowest BCUT2D eigenvalue weighted by atomic mass is 9.66. The highest BCUT2D eigenvalue weighted by Gasteiger charge is 2.42. The third kappa shape index (κ3) is 3.95. The van der Waals surface area contributed by atoms with Crippen molar-refractivity contribution in [2.75, 3.05) is 13.1 Å². The van der Waals surface area contributed by atoms with Gasteiger partial charge in [0.15, 0.2) is 0 Å². The lowest BCUT2D eigenvalue weighted by molar-refractivity contribution is 0.00142. The standard InChI is InChI=1S/C17H36N2/c1-7-12-19(14(2)3)17(13-18)10-8-15(9-11-17)16(4,5)6/h14-15H,7-13,18H2,1-6H3. The first-order chi connectivity index (χ1) is 8.77. The largest absolute Gasteiger partial charge is 0.329 e. The van der Waals surface area contributed by atoms with Gasteiger partial charge in [0, 0.05) is 18.1 Å². The van der Waals surface area contributed by atoms with Crippen LogP contribution in [0.25, 0.3) is 0 Å². The highest BCUT2D eigenvalue weighted by molar-refractivity contribution is 4.98. The molecule has 0 unspecified atom stereocenters. The van der Waals surface area contributed by atoms with Crippen molar-refractivity contribution in [3.05, 3.63) is 0 Å². The molecule has 19 heavy (non-hydrogen) atoms. The summed E-state index contributed by atoms with van der Waals surface area (Å²) in [5, 5.41) is 0. The molecule has 1 saturated carbocycles. The van der Waals surface area contributed by atoms with E-state index in [0.29, 0.717) is 11.5 Å². The second-order valence-electron chi connectivity index (χ2n) is 7.86. The number of nitrogens with two attached hydrogens (primary N) is 1. The van der Waals surface area contributed by atoms with Gasteiger partial charge in [-0.1, -0.05) is 27.7 Å². The quantitative estimate of drug-likeness (QED) is 0.815. The Labute approximate surface area is 121 Å². The van der Waals surface area contributed by atoms with E-state index < -0.39 is 0 Å². The van der Waals surface area contributed by atoms with Crippen LogP contribution in [0.1, 0.15) is 73.6 Å². The fraction of sp³-hybridized carbons (Fsp3) is 1.00. The molecule has 0 heterocycles. The van der Waals surface area contributed by atoms with Crippen molar-refractivity contribution in [3.8, 4) is 0 Å². The predicted molar refractivity (Wildman–Crippen MR) is 85.3 cm³/mol. The summed E-state index contributed by atoms with van der Waals surface area (Å²) in [7, 11) is 0. The average molecular weight is 268 g/mol. The Morgan fingerprint density at radius 1 is 1.21 bits per heavy atom. The molecule has 2 heteroatoms. The Morgan fingerprint density at radius 2 is 1.74 bits per heavy atom. The summed E-state index contributed by atoms with van der Waals surface area (Å²) in [5.41, 5.74) is 6.94. The zero-order valence-electron chi connectivity index (χ0n) is 14.1. The second kappa shape index (κ2) is 6.58. The van der Waals surface area contributed by atoms with Gasteiger partial charge < -0.3 is 5.73 Å². The number of rotatable bonds is 5. The van der Waals surface area contributed by atoms with Gasteiger partial charge in [-0.3, -0.25) is 4.90 Å². The molecule has 0 amide bonds. The normalized spacial score (nSPS) is 29.2. The van der Waals surface area contributed by atoms with E-state index in [1.807, 2.05) is 0 Å². The summed E-state index contributed by atoms with van der Waals surface area (Å²) in [6.45, 7) is 16.1. The zero-order valence-corrected chi connectivity index (χ0v) is 14.1. The van der Waals surface area contributed by atoms with Gasteiger partial charge in [-0.2, -0.15) is 0 Å².